The van der Waals surface area contributed by atoms with E-state index in [1.54, 1.807) is 0 Å². The van der Waals surface area contributed by atoms with E-state index < -0.39 is 0 Å². The van der Waals surface area contributed by atoms with Gasteiger partial charge in [-0.25, -0.2) is 0 Å². The highest BCUT2D eigenvalue weighted by molar-refractivity contribution is 5.82. The van der Waals surface area contributed by atoms with Gasteiger partial charge in [-0.1, -0.05) is 45.4 Å². The van der Waals surface area contributed by atoms with Crippen molar-refractivity contribution in [1.82, 2.24) is 0 Å². The zero-order valence-corrected chi connectivity index (χ0v) is 10.9. The first-order valence-electron chi connectivity index (χ1n) is 6.44. The van der Waals surface area contributed by atoms with Crippen molar-refractivity contribution in [2.24, 2.45) is 11.7 Å². The second kappa shape index (κ2) is 4.92. The van der Waals surface area contributed by atoms with Gasteiger partial charge in [0.05, 0.1) is 0 Å². The summed E-state index contributed by atoms with van der Waals surface area (Å²) in [4.78, 5) is 0. The number of hydrogen-bond acceptors (Lipinski definition) is 2. The van der Waals surface area contributed by atoms with Crippen molar-refractivity contribution < 1.29 is 4.42 Å². The Morgan fingerprint density at radius 1 is 1.24 bits per heavy atom. The van der Waals surface area contributed by atoms with Gasteiger partial charge < -0.3 is 10.2 Å². The molecule has 0 saturated carbocycles. The monoisotopic (exact) mass is 231 g/mol. The topological polar surface area (TPSA) is 39.2 Å². The molecule has 92 valence electrons. The maximum absolute atomic E-state index is 6.38. The van der Waals surface area contributed by atoms with Gasteiger partial charge in [-0.2, -0.15) is 0 Å². The van der Waals surface area contributed by atoms with Crippen LogP contribution < -0.4 is 5.73 Å². The average Bonchev–Trinajstić information content (AvgIpc) is 2.75. The van der Waals surface area contributed by atoms with Crippen LogP contribution in [0.3, 0.4) is 0 Å². The molecule has 2 nitrogen and oxygen atoms in total. The van der Waals surface area contributed by atoms with E-state index >= 15 is 0 Å². The van der Waals surface area contributed by atoms with E-state index in [9.17, 15) is 0 Å². The molecule has 0 fully saturated rings. The average molecular weight is 231 g/mol. The molecule has 0 saturated heterocycles. The SMILES string of the molecule is CCc1oc2ccccc2c1C(N)C(C)CC. The predicted octanol–water partition coefficient (Wildman–Crippen LogP) is 4.04. The molecule has 2 rings (SSSR count). The first-order valence-corrected chi connectivity index (χ1v) is 6.44. The number of fused-ring (bicyclic) bond motifs is 1. The van der Waals surface area contributed by atoms with Crippen LogP contribution in [0.5, 0.6) is 0 Å². The Kier molecular flexibility index (Phi) is 3.53. The molecule has 2 heteroatoms. The molecular weight excluding hydrogens is 210 g/mol. The van der Waals surface area contributed by atoms with Gasteiger partial charge in [-0.05, 0) is 12.0 Å². The predicted molar refractivity (Wildman–Crippen MR) is 72.0 cm³/mol. The normalized spacial score (nSPS) is 15.1. The van der Waals surface area contributed by atoms with Gasteiger partial charge in [0.2, 0.25) is 0 Å². The van der Waals surface area contributed by atoms with Gasteiger partial charge in [-0.15, -0.1) is 0 Å². The molecule has 2 aromatic rings. The number of benzene rings is 1. The fourth-order valence-electron chi connectivity index (χ4n) is 2.28. The summed E-state index contributed by atoms with van der Waals surface area (Å²) in [6.07, 6.45) is 1.98. The van der Waals surface area contributed by atoms with Crippen LogP contribution in [0.2, 0.25) is 0 Å². The van der Waals surface area contributed by atoms with Crippen LogP contribution in [0.4, 0.5) is 0 Å². The molecule has 17 heavy (non-hydrogen) atoms. The Morgan fingerprint density at radius 2 is 1.94 bits per heavy atom. The third-order valence-electron chi connectivity index (χ3n) is 3.62. The largest absolute Gasteiger partial charge is 0.461 e. The van der Waals surface area contributed by atoms with Crippen molar-refractivity contribution in [3.05, 3.63) is 35.6 Å². The van der Waals surface area contributed by atoms with E-state index in [0.717, 1.165) is 24.2 Å². The van der Waals surface area contributed by atoms with Crippen molar-refractivity contribution in [2.75, 3.05) is 0 Å². The third-order valence-corrected chi connectivity index (χ3v) is 3.62. The van der Waals surface area contributed by atoms with Gasteiger partial charge in [0.1, 0.15) is 11.3 Å². The fraction of sp³-hybridized carbons (Fsp3) is 0.467. The Balaban J connectivity index is 2.57. The van der Waals surface area contributed by atoms with E-state index in [-0.39, 0.29) is 6.04 Å². The molecule has 2 N–H and O–H groups in total. The van der Waals surface area contributed by atoms with Gasteiger partial charge in [0.25, 0.3) is 0 Å². The van der Waals surface area contributed by atoms with Crippen LogP contribution in [0, 0.1) is 5.92 Å². The minimum atomic E-state index is 0.0681. The summed E-state index contributed by atoms with van der Waals surface area (Å²) in [6.45, 7) is 6.49. The standard InChI is InChI=1S/C15H21NO/c1-4-10(3)15(16)14-11-8-6-7-9-13(11)17-12(14)5-2/h6-10,15H,4-5,16H2,1-3H3. The Labute approximate surface area is 103 Å². The van der Waals surface area contributed by atoms with Crippen LogP contribution in [-0.2, 0) is 6.42 Å². The summed E-state index contributed by atoms with van der Waals surface area (Å²) < 4.78 is 5.88. The number of para-hydroxylation sites is 1. The third kappa shape index (κ3) is 2.09. The molecule has 2 atom stereocenters. The van der Waals surface area contributed by atoms with Crippen molar-refractivity contribution in [2.45, 2.75) is 39.7 Å². The summed E-state index contributed by atoms with van der Waals surface area (Å²) in [6, 6.07) is 8.24. The molecule has 0 bridgehead atoms. The lowest BCUT2D eigenvalue weighted by molar-refractivity contribution is 0.444. The number of nitrogens with two attached hydrogens (primary N) is 1. The van der Waals surface area contributed by atoms with Gasteiger partial charge in [-0.3, -0.25) is 0 Å². The second-order valence-electron chi connectivity index (χ2n) is 4.70. The Bertz CT molecular complexity index is 501. The first kappa shape index (κ1) is 12.2. The zero-order valence-electron chi connectivity index (χ0n) is 10.9. The number of furan rings is 1. The van der Waals surface area contributed by atoms with Gasteiger partial charge >= 0.3 is 0 Å². The van der Waals surface area contributed by atoms with Crippen LogP contribution in [-0.4, -0.2) is 0 Å². The summed E-state index contributed by atoms with van der Waals surface area (Å²) in [5.41, 5.74) is 8.54. The van der Waals surface area contributed by atoms with Crippen molar-refractivity contribution in [1.29, 1.82) is 0 Å². The van der Waals surface area contributed by atoms with Crippen molar-refractivity contribution in [3.63, 3.8) is 0 Å². The number of hydrogen-bond donors (Lipinski definition) is 1. The summed E-state index contributed by atoms with van der Waals surface area (Å²) in [5.74, 6) is 1.51. The molecule has 0 amide bonds. The minimum absolute atomic E-state index is 0.0681. The van der Waals surface area contributed by atoms with Crippen LogP contribution in [0.1, 0.15) is 44.6 Å². The van der Waals surface area contributed by atoms with Crippen LogP contribution >= 0.6 is 0 Å². The first-order chi connectivity index (χ1) is 8.19. The highest BCUT2D eigenvalue weighted by Crippen LogP contribution is 2.34. The Morgan fingerprint density at radius 3 is 2.59 bits per heavy atom. The minimum Gasteiger partial charge on any atom is -0.461 e. The van der Waals surface area contributed by atoms with Crippen molar-refractivity contribution >= 4 is 11.0 Å². The molecule has 0 radical (unpaired) electrons. The smallest absolute Gasteiger partial charge is 0.134 e. The van der Waals surface area contributed by atoms with E-state index in [4.69, 9.17) is 10.2 Å². The molecule has 0 aliphatic carbocycles. The summed E-state index contributed by atoms with van der Waals surface area (Å²) in [7, 11) is 0. The number of rotatable bonds is 4. The highest BCUT2D eigenvalue weighted by Gasteiger charge is 2.22. The quantitative estimate of drug-likeness (QED) is 0.862. The summed E-state index contributed by atoms with van der Waals surface area (Å²) >= 11 is 0. The molecule has 1 aromatic carbocycles. The van der Waals surface area contributed by atoms with Gasteiger partial charge in [0, 0.05) is 23.4 Å². The fourth-order valence-corrected chi connectivity index (χ4v) is 2.28. The molecule has 0 aliphatic heterocycles. The summed E-state index contributed by atoms with van der Waals surface area (Å²) in [5, 5.41) is 1.18. The lowest BCUT2D eigenvalue weighted by Gasteiger charge is -2.18. The van der Waals surface area contributed by atoms with Crippen LogP contribution in [0.15, 0.2) is 28.7 Å². The van der Waals surface area contributed by atoms with E-state index in [1.807, 2.05) is 18.2 Å². The lowest BCUT2D eigenvalue weighted by Crippen LogP contribution is -2.19. The molecule has 2 unspecified atom stereocenters. The van der Waals surface area contributed by atoms with Gasteiger partial charge in [0.15, 0.2) is 0 Å². The number of aryl methyl sites for hydroxylation is 1. The zero-order chi connectivity index (χ0) is 12.4. The molecular formula is C15H21NO. The van der Waals surface area contributed by atoms with Crippen LogP contribution in [0.25, 0.3) is 11.0 Å². The van der Waals surface area contributed by atoms with E-state index in [0.29, 0.717) is 5.92 Å². The van der Waals surface area contributed by atoms with Crippen molar-refractivity contribution in [3.8, 4) is 0 Å². The van der Waals surface area contributed by atoms with E-state index in [2.05, 4.69) is 26.8 Å². The molecule has 0 aliphatic rings. The molecule has 1 aromatic heterocycles. The Hall–Kier alpha value is -1.28. The molecule has 1 heterocycles. The lowest BCUT2D eigenvalue weighted by atomic mass is 9.91. The highest BCUT2D eigenvalue weighted by atomic mass is 16.3. The maximum atomic E-state index is 6.38. The maximum Gasteiger partial charge on any atom is 0.134 e. The van der Waals surface area contributed by atoms with E-state index in [1.165, 1.54) is 10.9 Å². The molecule has 0 spiro atoms. The second-order valence-corrected chi connectivity index (χ2v) is 4.70.